The standard InChI is InChI=1S/C22H29FO5/c1-11-6-14-13-8-16(23)15-7-12(25)4-5-20(15,2)19(13)17(26)9-21(14,3)22(11,28)18(27)10-24/h4-5,7,11,13-14,16-17,19,24,26,28H,6,8-10H2,1-3H3/t11-,13+,14+,16-,17-,19-,20-,21-,22+/m0/s1. The van der Waals surface area contributed by atoms with Gasteiger partial charge >= 0.3 is 0 Å². The summed E-state index contributed by atoms with van der Waals surface area (Å²) in [6.45, 7) is 4.71. The highest BCUT2D eigenvalue weighted by Gasteiger charge is 2.71. The van der Waals surface area contributed by atoms with Crippen molar-refractivity contribution in [3.05, 3.63) is 23.8 Å². The van der Waals surface area contributed by atoms with Crippen LogP contribution in [0.5, 0.6) is 0 Å². The summed E-state index contributed by atoms with van der Waals surface area (Å²) >= 11 is 0. The van der Waals surface area contributed by atoms with Crippen LogP contribution in [0.2, 0.25) is 0 Å². The molecule has 4 aliphatic rings. The van der Waals surface area contributed by atoms with Gasteiger partial charge in [-0.1, -0.05) is 26.8 Å². The lowest BCUT2D eigenvalue weighted by atomic mass is 9.46. The second-order valence-electron chi connectivity index (χ2n) is 9.79. The van der Waals surface area contributed by atoms with Gasteiger partial charge in [-0.3, -0.25) is 9.59 Å². The van der Waals surface area contributed by atoms with Crippen molar-refractivity contribution < 1.29 is 29.3 Å². The van der Waals surface area contributed by atoms with Crippen molar-refractivity contribution in [1.29, 1.82) is 0 Å². The first kappa shape index (κ1) is 19.9. The third-order valence-corrected chi connectivity index (χ3v) is 8.63. The molecule has 0 radical (unpaired) electrons. The molecule has 0 bridgehead atoms. The Morgan fingerprint density at radius 3 is 2.64 bits per heavy atom. The molecule has 4 aliphatic carbocycles. The zero-order valence-electron chi connectivity index (χ0n) is 16.6. The van der Waals surface area contributed by atoms with Crippen molar-refractivity contribution in [3.63, 3.8) is 0 Å². The molecule has 9 atom stereocenters. The van der Waals surface area contributed by atoms with Crippen LogP contribution in [0.3, 0.4) is 0 Å². The maximum atomic E-state index is 15.2. The van der Waals surface area contributed by atoms with Crippen molar-refractivity contribution in [2.45, 2.75) is 57.9 Å². The highest BCUT2D eigenvalue weighted by atomic mass is 19.1. The molecule has 0 aromatic rings. The lowest BCUT2D eigenvalue weighted by Crippen LogP contribution is -2.63. The van der Waals surface area contributed by atoms with Gasteiger partial charge in [0.05, 0.1) is 6.10 Å². The number of alkyl halides is 1. The number of aliphatic hydroxyl groups excluding tert-OH is 2. The molecule has 0 aromatic heterocycles. The summed E-state index contributed by atoms with van der Waals surface area (Å²) in [5, 5.41) is 32.1. The molecule has 28 heavy (non-hydrogen) atoms. The van der Waals surface area contributed by atoms with E-state index in [0.717, 1.165) is 0 Å². The Morgan fingerprint density at radius 2 is 2.00 bits per heavy atom. The van der Waals surface area contributed by atoms with Gasteiger partial charge in [-0.25, -0.2) is 4.39 Å². The molecule has 5 nitrogen and oxygen atoms in total. The van der Waals surface area contributed by atoms with Gasteiger partial charge in [0.15, 0.2) is 11.6 Å². The van der Waals surface area contributed by atoms with E-state index in [0.29, 0.717) is 12.0 Å². The van der Waals surface area contributed by atoms with Gasteiger partial charge in [0.25, 0.3) is 0 Å². The number of fused-ring (bicyclic) bond motifs is 5. The summed E-state index contributed by atoms with van der Waals surface area (Å²) in [4.78, 5) is 24.4. The van der Waals surface area contributed by atoms with Gasteiger partial charge in [-0.2, -0.15) is 0 Å². The van der Waals surface area contributed by atoms with E-state index < -0.39 is 41.1 Å². The molecule has 3 saturated carbocycles. The Labute approximate surface area is 164 Å². The van der Waals surface area contributed by atoms with Gasteiger partial charge < -0.3 is 15.3 Å². The van der Waals surface area contributed by atoms with E-state index in [4.69, 9.17) is 0 Å². The maximum Gasteiger partial charge on any atom is 0.190 e. The van der Waals surface area contributed by atoms with Crippen molar-refractivity contribution >= 4 is 11.6 Å². The summed E-state index contributed by atoms with van der Waals surface area (Å²) in [5.41, 5.74) is -3.00. The lowest BCUT2D eigenvalue weighted by Gasteiger charge is -2.60. The molecule has 6 heteroatoms. The highest BCUT2D eigenvalue weighted by molar-refractivity contribution is 6.01. The Bertz CT molecular complexity index is 790. The molecule has 0 heterocycles. The van der Waals surface area contributed by atoms with Crippen LogP contribution in [-0.2, 0) is 9.59 Å². The van der Waals surface area contributed by atoms with E-state index in [-0.39, 0.29) is 42.3 Å². The van der Waals surface area contributed by atoms with E-state index in [1.54, 1.807) is 19.9 Å². The Balaban J connectivity index is 1.81. The summed E-state index contributed by atoms with van der Waals surface area (Å²) in [7, 11) is 0. The zero-order valence-corrected chi connectivity index (χ0v) is 16.6. The van der Waals surface area contributed by atoms with Crippen LogP contribution < -0.4 is 0 Å². The smallest absolute Gasteiger partial charge is 0.190 e. The molecule has 154 valence electrons. The van der Waals surface area contributed by atoms with E-state index in [1.807, 2.05) is 6.92 Å². The predicted molar refractivity (Wildman–Crippen MR) is 99.9 cm³/mol. The number of allylic oxidation sites excluding steroid dienone is 4. The van der Waals surface area contributed by atoms with Gasteiger partial charge in [0, 0.05) is 16.7 Å². The van der Waals surface area contributed by atoms with Crippen LogP contribution >= 0.6 is 0 Å². The van der Waals surface area contributed by atoms with Gasteiger partial charge in [0.1, 0.15) is 18.4 Å². The topological polar surface area (TPSA) is 94.8 Å². The van der Waals surface area contributed by atoms with Crippen LogP contribution in [0.1, 0.15) is 40.0 Å². The summed E-state index contributed by atoms with van der Waals surface area (Å²) in [5.74, 6) is -1.92. The minimum Gasteiger partial charge on any atom is -0.393 e. The molecule has 3 fully saturated rings. The molecule has 0 amide bonds. The van der Waals surface area contributed by atoms with E-state index >= 15 is 4.39 Å². The zero-order chi connectivity index (χ0) is 20.6. The minimum absolute atomic E-state index is 0.154. The number of rotatable bonds is 2. The number of aliphatic hydroxyl groups is 3. The molecule has 4 rings (SSSR count). The fourth-order valence-electron chi connectivity index (χ4n) is 7.38. The number of hydrogen-bond donors (Lipinski definition) is 3. The van der Waals surface area contributed by atoms with Crippen LogP contribution in [0.15, 0.2) is 23.8 Å². The molecular formula is C22H29FO5. The lowest BCUT2D eigenvalue weighted by molar-refractivity contribution is -0.185. The summed E-state index contributed by atoms with van der Waals surface area (Å²) < 4.78 is 15.2. The van der Waals surface area contributed by atoms with Gasteiger partial charge in [-0.15, -0.1) is 0 Å². The first-order valence-corrected chi connectivity index (χ1v) is 10.1. The van der Waals surface area contributed by atoms with Crippen LogP contribution in [0.4, 0.5) is 4.39 Å². The normalized spacial score (nSPS) is 52.5. The molecule has 0 saturated heterocycles. The number of ketones is 2. The highest BCUT2D eigenvalue weighted by Crippen LogP contribution is 2.68. The number of halogens is 1. The number of hydrogen-bond acceptors (Lipinski definition) is 5. The quantitative estimate of drug-likeness (QED) is 0.666. The Hall–Kier alpha value is -1.37. The average molecular weight is 392 g/mol. The molecule has 3 N–H and O–H groups in total. The van der Waals surface area contributed by atoms with Crippen LogP contribution in [0, 0.1) is 34.5 Å². The monoisotopic (exact) mass is 392 g/mol. The van der Waals surface area contributed by atoms with E-state index in [1.165, 1.54) is 12.2 Å². The number of carbonyl (C=O) groups excluding carboxylic acids is 2. The third kappa shape index (κ3) is 2.22. The SMILES string of the molecule is C[C@H]1C[C@@H]2[C@H]3C[C@H](F)C4=CC(=O)C=C[C@]4(C)[C@@H]3[C@@H](O)C[C@]2(C)[C@]1(O)C(=O)CO. The second-order valence-corrected chi connectivity index (χ2v) is 9.79. The average Bonchev–Trinajstić information content (AvgIpc) is 2.83. The van der Waals surface area contributed by atoms with Crippen molar-refractivity contribution in [3.8, 4) is 0 Å². The van der Waals surface area contributed by atoms with Gasteiger partial charge in [0.2, 0.25) is 0 Å². The van der Waals surface area contributed by atoms with E-state index in [2.05, 4.69) is 0 Å². The van der Waals surface area contributed by atoms with Crippen molar-refractivity contribution in [1.82, 2.24) is 0 Å². The number of carbonyl (C=O) groups is 2. The fourth-order valence-corrected chi connectivity index (χ4v) is 7.38. The molecule has 0 spiro atoms. The Morgan fingerprint density at radius 1 is 1.32 bits per heavy atom. The minimum atomic E-state index is -1.74. The third-order valence-electron chi connectivity index (χ3n) is 8.63. The second kappa shape index (κ2) is 6.07. The van der Waals surface area contributed by atoms with Gasteiger partial charge in [-0.05, 0) is 54.7 Å². The van der Waals surface area contributed by atoms with Crippen LogP contribution in [0.25, 0.3) is 0 Å². The maximum absolute atomic E-state index is 15.2. The molecule has 0 unspecified atom stereocenters. The van der Waals surface area contributed by atoms with Crippen molar-refractivity contribution in [2.75, 3.05) is 6.61 Å². The number of Topliss-reactive ketones (excluding diaryl/α,β-unsaturated/α-hetero) is 1. The first-order valence-electron chi connectivity index (χ1n) is 10.1. The van der Waals surface area contributed by atoms with E-state index in [9.17, 15) is 24.9 Å². The van der Waals surface area contributed by atoms with Crippen molar-refractivity contribution in [2.24, 2.45) is 34.5 Å². The predicted octanol–water partition coefficient (Wildman–Crippen LogP) is 1.75. The largest absolute Gasteiger partial charge is 0.393 e. The molecule has 0 aliphatic heterocycles. The Kier molecular flexibility index (Phi) is 4.32. The fraction of sp³-hybridized carbons (Fsp3) is 0.727. The summed E-state index contributed by atoms with van der Waals surface area (Å²) in [6.07, 6.45) is 3.29. The molecule has 0 aromatic carbocycles. The first-order chi connectivity index (χ1) is 13.0. The van der Waals surface area contributed by atoms with Crippen LogP contribution in [-0.4, -0.2) is 51.4 Å². The molecular weight excluding hydrogens is 363 g/mol. The summed E-state index contributed by atoms with van der Waals surface area (Å²) in [6, 6.07) is 0.